The van der Waals surface area contributed by atoms with Crippen molar-refractivity contribution in [1.82, 2.24) is 14.8 Å². The minimum absolute atomic E-state index is 0.242. The van der Waals surface area contributed by atoms with Crippen LogP contribution in [-0.4, -0.2) is 27.5 Å². The van der Waals surface area contributed by atoms with Crippen molar-refractivity contribution in [3.8, 4) is 5.69 Å². The SMILES string of the molecule is FC(F)(F)COCc1nncn1-c1ccccc1. The van der Waals surface area contributed by atoms with Crippen LogP contribution in [0.4, 0.5) is 13.2 Å². The van der Waals surface area contributed by atoms with Crippen molar-refractivity contribution in [3.05, 3.63) is 42.5 Å². The van der Waals surface area contributed by atoms with Crippen LogP contribution < -0.4 is 0 Å². The molecule has 0 aliphatic carbocycles. The van der Waals surface area contributed by atoms with Crippen LogP contribution in [0, 0.1) is 0 Å². The number of hydrogen-bond acceptors (Lipinski definition) is 3. The van der Waals surface area contributed by atoms with Crippen LogP contribution in [0.2, 0.25) is 0 Å². The van der Waals surface area contributed by atoms with Gasteiger partial charge < -0.3 is 4.74 Å². The Labute approximate surface area is 101 Å². The number of ether oxygens (including phenoxy) is 1. The van der Waals surface area contributed by atoms with Crippen molar-refractivity contribution >= 4 is 0 Å². The molecule has 0 amide bonds. The summed E-state index contributed by atoms with van der Waals surface area (Å²) in [5.74, 6) is 0.324. The molecule has 0 radical (unpaired) electrons. The van der Waals surface area contributed by atoms with E-state index in [1.54, 1.807) is 16.7 Å². The van der Waals surface area contributed by atoms with Crippen LogP contribution in [0.25, 0.3) is 5.69 Å². The van der Waals surface area contributed by atoms with Crippen molar-refractivity contribution in [3.63, 3.8) is 0 Å². The first-order chi connectivity index (χ1) is 8.56. The molecule has 1 aromatic heterocycles. The summed E-state index contributed by atoms with van der Waals surface area (Å²) in [7, 11) is 0. The molecule has 1 aromatic carbocycles. The van der Waals surface area contributed by atoms with Gasteiger partial charge in [0.2, 0.25) is 0 Å². The largest absolute Gasteiger partial charge is 0.411 e. The Morgan fingerprint density at radius 1 is 1.17 bits per heavy atom. The van der Waals surface area contributed by atoms with Gasteiger partial charge in [-0.3, -0.25) is 4.57 Å². The highest BCUT2D eigenvalue weighted by Crippen LogP contribution is 2.16. The normalized spacial score (nSPS) is 11.7. The van der Waals surface area contributed by atoms with E-state index in [-0.39, 0.29) is 6.61 Å². The third kappa shape index (κ3) is 3.30. The van der Waals surface area contributed by atoms with Crippen LogP contribution in [0.1, 0.15) is 5.82 Å². The fourth-order valence-corrected chi connectivity index (χ4v) is 1.42. The van der Waals surface area contributed by atoms with Crippen LogP contribution in [-0.2, 0) is 11.3 Å². The minimum Gasteiger partial charge on any atom is -0.364 e. The Hall–Kier alpha value is -1.89. The van der Waals surface area contributed by atoms with E-state index in [0.29, 0.717) is 5.82 Å². The van der Waals surface area contributed by atoms with Gasteiger partial charge in [0.05, 0.1) is 0 Å². The molecular weight excluding hydrogens is 247 g/mol. The first-order valence-electron chi connectivity index (χ1n) is 5.15. The average molecular weight is 257 g/mol. The summed E-state index contributed by atoms with van der Waals surface area (Å²) in [5.41, 5.74) is 0.771. The molecule has 1 heterocycles. The molecular formula is C11H10F3N3O. The van der Waals surface area contributed by atoms with Crippen LogP contribution in [0.5, 0.6) is 0 Å². The number of halogens is 3. The van der Waals surface area contributed by atoms with E-state index in [1.807, 2.05) is 18.2 Å². The van der Waals surface area contributed by atoms with Crippen LogP contribution >= 0.6 is 0 Å². The summed E-state index contributed by atoms with van der Waals surface area (Å²) >= 11 is 0. The van der Waals surface area contributed by atoms with E-state index in [0.717, 1.165) is 5.69 Å². The highest BCUT2D eigenvalue weighted by atomic mass is 19.4. The number of hydrogen-bond donors (Lipinski definition) is 0. The van der Waals surface area contributed by atoms with Crippen LogP contribution in [0.15, 0.2) is 36.7 Å². The predicted octanol–water partition coefficient (Wildman–Crippen LogP) is 2.35. The Bertz CT molecular complexity index is 496. The van der Waals surface area contributed by atoms with Gasteiger partial charge in [0.1, 0.15) is 19.5 Å². The lowest BCUT2D eigenvalue weighted by Gasteiger charge is -2.08. The lowest BCUT2D eigenvalue weighted by Crippen LogP contribution is -2.17. The topological polar surface area (TPSA) is 39.9 Å². The fraction of sp³-hybridized carbons (Fsp3) is 0.273. The van der Waals surface area contributed by atoms with Crippen molar-refractivity contribution < 1.29 is 17.9 Å². The van der Waals surface area contributed by atoms with Gasteiger partial charge in [0, 0.05) is 5.69 Å². The van der Waals surface area contributed by atoms with E-state index in [2.05, 4.69) is 14.9 Å². The van der Waals surface area contributed by atoms with Gasteiger partial charge >= 0.3 is 6.18 Å². The number of alkyl halides is 3. The molecule has 0 aliphatic heterocycles. The smallest absolute Gasteiger partial charge is 0.364 e. The molecule has 0 N–H and O–H groups in total. The number of aromatic nitrogens is 3. The van der Waals surface area contributed by atoms with Crippen LogP contribution in [0.3, 0.4) is 0 Å². The van der Waals surface area contributed by atoms with Crippen molar-refractivity contribution in [1.29, 1.82) is 0 Å². The Balaban J connectivity index is 2.05. The third-order valence-electron chi connectivity index (χ3n) is 2.15. The molecule has 0 aliphatic rings. The zero-order valence-corrected chi connectivity index (χ0v) is 9.26. The first-order valence-corrected chi connectivity index (χ1v) is 5.15. The highest BCUT2D eigenvalue weighted by molar-refractivity contribution is 5.31. The van der Waals surface area contributed by atoms with E-state index >= 15 is 0 Å². The van der Waals surface area contributed by atoms with Gasteiger partial charge in [0.25, 0.3) is 0 Å². The molecule has 0 saturated heterocycles. The summed E-state index contributed by atoms with van der Waals surface area (Å²) in [6.45, 7) is -1.54. The zero-order valence-electron chi connectivity index (χ0n) is 9.26. The van der Waals surface area contributed by atoms with Gasteiger partial charge in [-0.15, -0.1) is 10.2 Å². The standard InChI is InChI=1S/C11H10F3N3O/c12-11(13,14)7-18-6-10-16-15-8-17(10)9-4-2-1-3-5-9/h1-5,8H,6-7H2. The second kappa shape index (κ2) is 5.18. The molecule has 4 nitrogen and oxygen atoms in total. The summed E-state index contributed by atoms with van der Waals surface area (Å²) in [5, 5.41) is 7.40. The van der Waals surface area contributed by atoms with E-state index in [9.17, 15) is 13.2 Å². The number of rotatable bonds is 4. The monoisotopic (exact) mass is 257 g/mol. The summed E-state index contributed by atoms with van der Waals surface area (Å²) in [6.07, 6.45) is -2.90. The highest BCUT2D eigenvalue weighted by Gasteiger charge is 2.27. The summed E-state index contributed by atoms with van der Waals surface area (Å²) in [6, 6.07) is 9.08. The minimum atomic E-state index is -4.34. The molecule has 7 heteroatoms. The van der Waals surface area contributed by atoms with Gasteiger partial charge in [-0.2, -0.15) is 13.2 Å². The zero-order chi connectivity index (χ0) is 13.0. The summed E-state index contributed by atoms with van der Waals surface area (Å²) in [4.78, 5) is 0. The Morgan fingerprint density at radius 2 is 1.89 bits per heavy atom. The molecule has 0 saturated carbocycles. The molecule has 0 bridgehead atoms. The lowest BCUT2D eigenvalue weighted by atomic mass is 10.3. The Kier molecular flexibility index (Phi) is 3.61. The molecule has 0 atom stereocenters. The van der Waals surface area contributed by atoms with Crippen molar-refractivity contribution in [2.24, 2.45) is 0 Å². The van der Waals surface area contributed by atoms with Crippen molar-refractivity contribution in [2.45, 2.75) is 12.8 Å². The van der Waals surface area contributed by atoms with Gasteiger partial charge in [-0.05, 0) is 12.1 Å². The lowest BCUT2D eigenvalue weighted by molar-refractivity contribution is -0.177. The molecule has 2 rings (SSSR count). The van der Waals surface area contributed by atoms with Gasteiger partial charge in [0.15, 0.2) is 5.82 Å². The molecule has 0 unspecified atom stereocenters. The maximum atomic E-state index is 11.9. The van der Waals surface area contributed by atoms with E-state index < -0.39 is 12.8 Å². The van der Waals surface area contributed by atoms with E-state index in [4.69, 9.17) is 0 Å². The summed E-state index contributed by atoms with van der Waals surface area (Å²) < 4.78 is 42.0. The first kappa shape index (κ1) is 12.6. The quantitative estimate of drug-likeness (QED) is 0.844. The number of para-hydroxylation sites is 1. The second-order valence-corrected chi connectivity index (χ2v) is 3.56. The van der Waals surface area contributed by atoms with Crippen molar-refractivity contribution in [2.75, 3.05) is 6.61 Å². The second-order valence-electron chi connectivity index (χ2n) is 3.56. The van der Waals surface area contributed by atoms with Gasteiger partial charge in [-0.25, -0.2) is 0 Å². The van der Waals surface area contributed by atoms with Gasteiger partial charge in [-0.1, -0.05) is 18.2 Å². The molecule has 96 valence electrons. The maximum absolute atomic E-state index is 11.9. The average Bonchev–Trinajstić information content (AvgIpc) is 2.77. The predicted molar refractivity (Wildman–Crippen MR) is 57.1 cm³/mol. The number of nitrogens with zero attached hydrogens (tertiary/aromatic N) is 3. The fourth-order valence-electron chi connectivity index (χ4n) is 1.42. The molecule has 2 aromatic rings. The number of benzene rings is 1. The third-order valence-corrected chi connectivity index (χ3v) is 2.15. The maximum Gasteiger partial charge on any atom is 0.411 e. The molecule has 18 heavy (non-hydrogen) atoms. The Morgan fingerprint density at radius 3 is 2.56 bits per heavy atom. The molecule has 0 fully saturated rings. The van der Waals surface area contributed by atoms with E-state index in [1.165, 1.54) is 6.33 Å². The molecule has 0 spiro atoms.